The van der Waals surface area contributed by atoms with Crippen molar-refractivity contribution in [2.75, 3.05) is 0 Å². The highest BCUT2D eigenvalue weighted by Gasteiger charge is 2.46. The third kappa shape index (κ3) is 3.26. The lowest BCUT2D eigenvalue weighted by molar-refractivity contribution is -0.114. The summed E-state index contributed by atoms with van der Waals surface area (Å²) in [6.45, 7) is 5.79. The monoisotopic (exact) mass is 431 g/mol. The van der Waals surface area contributed by atoms with Crippen molar-refractivity contribution in [1.82, 2.24) is 9.58 Å². The number of aliphatic imine (C=N–C) groups is 1. The van der Waals surface area contributed by atoms with Crippen molar-refractivity contribution >= 4 is 39.8 Å². The lowest BCUT2D eigenvalue weighted by atomic mass is 10.1. The average Bonchev–Trinajstić information content (AvgIpc) is 3.21. The summed E-state index contributed by atoms with van der Waals surface area (Å²) >= 11 is 0.234. The summed E-state index contributed by atoms with van der Waals surface area (Å²) in [5.41, 5.74) is 4.36. The molecule has 2 aromatic rings. The first-order valence-electron chi connectivity index (χ1n) is 8.90. The van der Waals surface area contributed by atoms with E-state index in [0.717, 1.165) is 27.6 Å². The van der Waals surface area contributed by atoms with Crippen LogP contribution in [-0.4, -0.2) is 37.7 Å². The number of benzene rings is 1. The van der Waals surface area contributed by atoms with Gasteiger partial charge in [0.25, 0.3) is 5.91 Å². The molecular weight excluding hydrogens is 415 g/mol. The van der Waals surface area contributed by atoms with Gasteiger partial charge in [0, 0.05) is 17.1 Å². The third-order valence-electron chi connectivity index (χ3n) is 4.82. The molecule has 0 spiro atoms. The fourth-order valence-electron chi connectivity index (χ4n) is 3.38. The van der Waals surface area contributed by atoms with Gasteiger partial charge in [0.2, 0.25) is 10.2 Å². The number of carbonyl (C=O) groups is 1. The van der Waals surface area contributed by atoms with Crippen LogP contribution in [0.25, 0.3) is 11.8 Å². The van der Waals surface area contributed by atoms with Crippen LogP contribution in [0.5, 0.6) is 0 Å². The zero-order valence-electron chi connectivity index (χ0n) is 16.2. The molecule has 2 aliphatic heterocycles. The van der Waals surface area contributed by atoms with Gasteiger partial charge in [-0.15, -0.1) is 0 Å². The van der Waals surface area contributed by atoms with Crippen molar-refractivity contribution in [3.63, 3.8) is 0 Å². The number of amidine groups is 2. The first kappa shape index (κ1) is 20.1. The van der Waals surface area contributed by atoms with Crippen LogP contribution in [0.4, 0.5) is 13.2 Å². The molecule has 0 fully saturated rings. The average molecular weight is 431 g/mol. The van der Waals surface area contributed by atoms with E-state index in [9.17, 15) is 18.0 Å². The van der Waals surface area contributed by atoms with Crippen molar-refractivity contribution < 1.29 is 18.0 Å². The molecule has 0 bridgehead atoms. The normalized spacial score (nSPS) is 18.1. The summed E-state index contributed by atoms with van der Waals surface area (Å²) in [6.07, 6.45) is -3.19. The molecule has 30 heavy (non-hydrogen) atoms. The molecule has 1 amide bonds. The Hall–Kier alpha value is -3.14. The summed E-state index contributed by atoms with van der Waals surface area (Å²) < 4.78 is 40.9. The zero-order chi connectivity index (χ0) is 21.8. The maximum Gasteiger partial charge on any atom is 0.441 e. The van der Waals surface area contributed by atoms with Crippen molar-refractivity contribution in [1.29, 1.82) is 5.41 Å². The van der Waals surface area contributed by atoms with Gasteiger partial charge in [0.05, 0.1) is 5.57 Å². The minimum Gasteiger partial charge on any atom is -0.318 e. The van der Waals surface area contributed by atoms with Crippen LogP contribution in [-0.2, 0) is 4.79 Å². The van der Waals surface area contributed by atoms with E-state index in [1.807, 2.05) is 55.7 Å². The number of alkyl halides is 3. The van der Waals surface area contributed by atoms with Gasteiger partial charge in [-0.2, -0.15) is 28.3 Å². The van der Waals surface area contributed by atoms with Crippen molar-refractivity contribution in [3.8, 4) is 5.69 Å². The molecule has 0 unspecified atom stereocenters. The van der Waals surface area contributed by atoms with E-state index in [-0.39, 0.29) is 22.5 Å². The lowest BCUT2D eigenvalue weighted by Gasteiger charge is -2.20. The quantitative estimate of drug-likeness (QED) is 0.707. The Morgan fingerprint density at radius 3 is 2.53 bits per heavy atom. The van der Waals surface area contributed by atoms with Crippen molar-refractivity contribution in [3.05, 3.63) is 58.4 Å². The molecule has 0 saturated heterocycles. The number of hydrogen-bond donors (Lipinski definition) is 1. The van der Waals surface area contributed by atoms with Crippen molar-refractivity contribution in [2.45, 2.75) is 26.9 Å². The highest BCUT2D eigenvalue weighted by molar-refractivity contribution is 8.27. The fraction of sp³-hybridized carbons (Fsp3) is 0.200. The topological polar surface area (TPSA) is 73.8 Å². The van der Waals surface area contributed by atoms with Crippen molar-refractivity contribution in [2.24, 2.45) is 10.1 Å². The molecule has 0 atom stereocenters. The van der Waals surface area contributed by atoms with Crippen LogP contribution >= 0.6 is 11.8 Å². The second-order valence-corrected chi connectivity index (χ2v) is 7.83. The number of halogens is 3. The van der Waals surface area contributed by atoms with E-state index in [0.29, 0.717) is 5.56 Å². The Balaban J connectivity index is 1.76. The number of hydrogen-bond acceptors (Lipinski definition) is 4. The molecule has 0 radical (unpaired) electrons. The first-order valence-corrected chi connectivity index (χ1v) is 9.72. The second-order valence-electron chi connectivity index (χ2n) is 6.87. The van der Waals surface area contributed by atoms with Crippen LogP contribution < -0.4 is 0 Å². The summed E-state index contributed by atoms with van der Waals surface area (Å²) in [4.78, 5) is 16.2. The molecule has 6 nitrogen and oxygen atoms in total. The highest BCUT2D eigenvalue weighted by Crippen LogP contribution is 2.35. The molecule has 2 aliphatic rings. The molecule has 154 valence electrons. The number of aromatic nitrogens is 1. The maximum absolute atomic E-state index is 13.0. The van der Waals surface area contributed by atoms with Crippen LogP contribution in [0.1, 0.15) is 22.5 Å². The number of aryl methyl sites for hydroxylation is 2. The van der Waals surface area contributed by atoms with Gasteiger partial charge in [-0.1, -0.05) is 18.2 Å². The zero-order valence-corrected chi connectivity index (χ0v) is 17.0. The van der Waals surface area contributed by atoms with Crippen LogP contribution in [0.15, 0.2) is 46.0 Å². The van der Waals surface area contributed by atoms with Gasteiger partial charge in [-0.3, -0.25) is 10.2 Å². The standard InChI is InChI=1S/C20H16F3N5OS/c1-10-6-4-5-7-15(10)27-11(2)8-13(12(27)3)9-14-16(24)28-19(25-17(14)29)30-18(26-28)20(21,22)23/h4-9,24H,1-3H3/b14-9+,24-16?. The summed E-state index contributed by atoms with van der Waals surface area (Å²) in [5.74, 6) is -1.20. The third-order valence-corrected chi connectivity index (χ3v) is 5.78. The number of para-hydroxylation sites is 1. The second kappa shape index (κ2) is 6.98. The minimum atomic E-state index is -4.67. The minimum absolute atomic E-state index is 0.114. The molecule has 0 aliphatic carbocycles. The SMILES string of the molecule is Cc1ccccc1-n1c(C)cc(/C=C2\C(=N)N3N=C(C(F)(F)F)SC3=NC2=O)c1C. The highest BCUT2D eigenvalue weighted by atomic mass is 32.2. The molecular formula is C20H16F3N5OS. The molecule has 4 rings (SSSR count). The number of nitrogens with one attached hydrogen (secondary N) is 1. The van der Waals surface area contributed by atoms with E-state index >= 15 is 0 Å². The van der Waals surface area contributed by atoms with Gasteiger partial charge in [-0.05, 0) is 61.9 Å². The molecule has 1 aromatic heterocycles. The number of carbonyl (C=O) groups excluding carboxylic acids is 1. The number of nitrogens with zero attached hydrogens (tertiary/aromatic N) is 4. The maximum atomic E-state index is 13.0. The Labute approximate surface area is 174 Å². The Morgan fingerprint density at radius 2 is 1.87 bits per heavy atom. The smallest absolute Gasteiger partial charge is 0.318 e. The molecule has 1 aromatic carbocycles. The molecule has 0 saturated carbocycles. The summed E-state index contributed by atoms with van der Waals surface area (Å²) in [7, 11) is 0. The number of amides is 1. The van der Waals surface area contributed by atoms with E-state index in [2.05, 4.69) is 10.1 Å². The number of rotatable bonds is 2. The molecule has 10 heteroatoms. The van der Waals surface area contributed by atoms with Gasteiger partial charge in [-0.25, -0.2) is 0 Å². The summed E-state index contributed by atoms with van der Waals surface area (Å²) in [6, 6.07) is 9.70. The summed E-state index contributed by atoms with van der Waals surface area (Å²) in [5, 5.41) is 11.0. The number of thioether (sulfide) groups is 1. The van der Waals surface area contributed by atoms with E-state index in [4.69, 9.17) is 5.41 Å². The Morgan fingerprint density at radius 1 is 1.17 bits per heavy atom. The first-order chi connectivity index (χ1) is 14.1. The number of fused-ring (bicyclic) bond motifs is 1. The van der Waals surface area contributed by atoms with Crippen LogP contribution in [0.3, 0.4) is 0 Å². The van der Waals surface area contributed by atoms with Gasteiger partial charge >= 0.3 is 6.18 Å². The lowest BCUT2D eigenvalue weighted by Crippen LogP contribution is -2.35. The van der Waals surface area contributed by atoms with Gasteiger partial charge in [0.1, 0.15) is 0 Å². The van der Waals surface area contributed by atoms with Gasteiger partial charge < -0.3 is 4.57 Å². The van der Waals surface area contributed by atoms with Crippen LogP contribution in [0, 0.1) is 26.2 Å². The Kier molecular flexibility index (Phi) is 4.69. The Bertz CT molecular complexity index is 1190. The fourth-order valence-corrected chi connectivity index (χ4v) is 4.14. The van der Waals surface area contributed by atoms with Gasteiger partial charge in [0.15, 0.2) is 5.84 Å². The predicted molar refractivity (Wildman–Crippen MR) is 111 cm³/mol. The number of hydrazone groups is 1. The predicted octanol–water partition coefficient (Wildman–Crippen LogP) is 4.58. The van der Waals surface area contributed by atoms with E-state index < -0.39 is 23.0 Å². The van der Waals surface area contributed by atoms with E-state index in [1.54, 1.807) is 0 Å². The largest absolute Gasteiger partial charge is 0.441 e. The van der Waals surface area contributed by atoms with E-state index in [1.165, 1.54) is 6.08 Å². The molecule has 1 N–H and O–H groups in total. The molecule has 3 heterocycles. The van der Waals surface area contributed by atoms with Crippen LogP contribution in [0.2, 0.25) is 0 Å².